The van der Waals surface area contributed by atoms with Gasteiger partial charge in [0.2, 0.25) is 0 Å². The van der Waals surface area contributed by atoms with Crippen LogP contribution < -0.4 is 4.74 Å². The quantitative estimate of drug-likeness (QED) is 0.377. The van der Waals surface area contributed by atoms with Gasteiger partial charge in [-0.3, -0.25) is 4.79 Å². The lowest BCUT2D eigenvalue weighted by Gasteiger charge is -2.21. The minimum Gasteiger partial charge on any atom is -0.425 e. The van der Waals surface area contributed by atoms with Crippen molar-refractivity contribution in [2.24, 2.45) is 0 Å². The smallest absolute Gasteiger partial charge is 0.326 e. The fourth-order valence-corrected chi connectivity index (χ4v) is 2.85. The van der Waals surface area contributed by atoms with Gasteiger partial charge in [-0.1, -0.05) is 29.3 Å². The maximum Gasteiger partial charge on any atom is 0.326 e. The first kappa shape index (κ1) is 9.64. The molecule has 0 N–H and O–H groups in total. The number of hydrogen-bond donors (Lipinski definition) is 0. The van der Waals surface area contributed by atoms with Crippen LogP contribution in [0.5, 0.6) is 5.75 Å². The van der Waals surface area contributed by atoms with E-state index in [1.54, 1.807) is 0 Å². The number of carbonyl (C=O) groups is 1. The molecule has 0 saturated carbocycles. The molecule has 1 aromatic rings. The molecule has 0 radical (unpaired) electrons. The highest BCUT2D eigenvalue weighted by molar-refractivity contribution is 5.94. The van der Waals surface area contributed by atoms with Gasteiger partial charge in [0.25, 0.3) is 0 Å². The largest absolute Gasteiger partial charge is 0.425 e. The lowest BCUT2D eigenvalue weighted by molar-refractivity contribution is -0.136. The summed E-state index contributed by atoms with van der Waals surface area (Å²) in [6.07, 6.45) is 3.97. The number of fused-ring (bicyclic) bond motifs is 2. The van der Waals surface area contributed by atoms with Crippen LogP contribution in [-0.4, -0.2) is 5.97 Å². The van der Waals surface area contributed by atoms with Crippen LogP contribution in [0.25, 0.3) is 0 Å². The molecule has 0 amide bonds. The van der Waals surface area contributed by atoms with Crippen LogP contribution in [0.1, 0.15) is 30.9 Å². The van der Waals surface area contributed by atoms with Crippen molar-refractivity contribution in [3.8, 4) is 5.75 Å². The molecular formula is C14H14O2. The van der Waals surface area contributed by atoms with Crippen molar-refractivity contribution in [2.75, 3.05) is 0 Å². The third-order valence-electron chi connectivity index (χ3n) is 3.79. The number of carbonyl (C=O) groups excluding carboxylic acids is 1. The first-order valence-electron chi connectivity index (χ1n) is 5.65. The van der Waals surface area contributed by atoms with Crippen molar-refractivity contribution in [1.29, 1.82) is 0 Å². The highest BCUT2D eigenvalue weighted by Gasteiger charge is 2.51. The maximum atomic E-state index is 12.1. The van der Waals surface area contributed by atoms with Gasteiger partial charge in [-0.2, -0.15) is 0 Å². The highest BCUT2D eigenvalue weighted by Crippen LogP contribution is 2.50. The Balaban J connectivity index is 2.26. The van der Waals surface area contributed by atoms with Crippen LogP contribution in [0.2, 0.25) is 0 Å². The van der Waals surface area contributed by atoms with Gasteiger partial charge in [0.1, 0.15) is 11.2 Å². The standard InChI is InChI=1S/C14H14O2/c1-9-5-6-12-11(8-9)14(13(15)16-12)7-3-4-10(14)2/h4-6,8H,3,7H2,1-2H3. The van der Waals surface area contributed by atoms with E-state index in [9.17, 15) is 4.79 Å². The number of esters is 1. The van der Waals surface area contributed by atoms with Gasteiger partial charge in [0, 0.05) is 5.56 Å². The van der Waals surface area contributed by atoms with E-state index in [0.29, 0.717) is 0 Å². The van der Waals surface area contributed by atoms with Crippen molar-refractivity contribution in [2.45, 2.75) is 32.1 Å². The van der Waals surface area contributed by atoms with Crippen molar-refractivity contribution < 1.29 is 9.53 Å². The Morgan fingerprint density at radius 1 is 1.31 bits per heavy atom. The third-order valence-corrected chi connectivity index (χ3v) is 3.79. The van der Waals surface area contributed by atoms with Gasteiger partial charge in [-0.25, -0.2) is 0 Å². The molecular weight excluding hydrogens is 200 g/mol. The fraction of sp³-hybridized carbons (Fsp3) is 0.357. The number of aryl methyl sites for hydroxylation is 1. The minimum absolute atomic E-state index is 0.0978. The molecule has 1 unspecified atom stereocenters. The van der Waals surface area contributed by atoms with Gasteiger partial charge in [0.05, 0.1) is 0 Å². The van der Waals surface area contributed by atoms with Crippen molar-refractivity contribution in [3.63, 3.8) is 0 Å². The second-order valence-corrected chi connectivity index (χ2v) is 4.72. The van der Waals surface area contributed by atoms with E-state index in [4.69, 9.17) is 4.74 Å². The molecule has 2 heteroatoms. The predicted molar refractivity (Wildman–Crippen MR) is 61.5 cm³/mol. The van der Waals surface area contributed by atoms with Gasteiger partial charge >= 0.3 is 5.97 Å². The normalized spacial score (nSPS) is 26.9. The van der Waals surface area contributed by atoms with E-state index < -0.39 is 5.41 Å². The molecule has 1 atom stereocenters. The summed E-state index contributed by atoms with van der Waals surface area (Å²) in [4.78, 5) is 12.1. The maximum absolute atomic E-state index is 12.1. The van der Waals surface area contributed by atoms with Crippen molar-refractivity contribution >= 4 is 5.97 Å². The lowest BCUT2D eigenvalue weighted by Crippen LogP contribution is -2.32. The zero-order valence-electron chi connectivity index (χ0n) is 9.54. The van der Waals surface area contributed by atoms with Crippen LogP contribution in [0.4, 0.5) is 0 Å². The Hall–Kier alpha value is -1.57. The Kier molecular flexibility index (Phi) is 1.79. The summed E-state index contributed by atoms with van der Waals surface area (Å²) in [6.45, 7) is 4.08. The van der Waals surface area contributed by atoms with Gasteiger partial charge in [-0.05, 0) is 32.8 Å². The van der Waals surface area contributed by atoms with Crippen LogP contribution in [0.15, 0.2) is 29.8 Å². The average Bonchev–Trinajstić information content (AvgIpc) is 2.75. The summed E-state index contributed by atoms with van der Waals surface area (Å²) in [6, 6.07) is 5.98. The molecule has 3 rings (SSSR count). The molecule has 1 heterocycles. The fourth-order valence-electron chi connectivity index (χ4n) is 2.85. The molecule has 16 heavy (non-hydrogen) atoms. The summed E-state index contributed by atoms with van der Waals surface area (Å²) < 4.78 is 5.39. The molecule has 0 bridgehead atoms. The zero-order chi connectivity index (χ0) is 11.3. The van der Waals surface area contributed by atoms with Crippen LogP contribution >= 0.6 is 0 Å². The molecule has 1 spiro atoms. The molecule has 0 aromatic heterocycles. The van der Waals surface area contributed by atoms with Crippen molar-refractivity contribution in [1.82, 2.24) is 0 Å². The molecule has 0 saturated heterocycles. The van der Waals surface area contributed by atoms with Gasteiger partial charge in [0.15, 0.2) is 0 Å². The summed E-state index contributed by atoms with van der Waals surface area (Å²) >= 11 is 0. The van der Waals surface area contributed by atoms with Gasteiger partial charge in [-0.15, -0.1) is 0 Å². The number of allylic oxidation sites excluding steroid dienone is 1. The Morgan fingerprint density at radius 3 is 2.81 bits per heavy atom. The van der Waals surface area contributed by atoms with Crippen LogP contribution in [-0.2, 0) is 10.2 Å². The molecule has 1 aliphatic heterocycles. The Labute approximate surface area is 94.9 Å². The van der Waals surface area contributed by atoms with E-state index in [1.165, 1.54) is 5.56 Å². The summed E-state index contributed by atoms with van der Waals surface area (Å²) in [5, 5.41) is 0. The summed E-state index contributed by atoms with van der Waals surface area (Å²) in [5.41, 5.74) is 2.91. The third kappa shape index (κ3) is 0.993. The van der Waals surface area contributed by atoms with E-state index in [1.807, 2.05) is 26.0 Å². The van der Waals surface area contributed by atoms with Crippen LogP contribution in [0, 0.1) is 6.92 Å². The Bertz CT molecular complexity index is 513. The second-order valence-electron chi connectivity index (χ2n) is 4.72. The first-order chi connectivity index (χ1) is 7.64. The monoisotopic (exact) mass is 214 g/mol. The number of ether oxygens (including phenoxy) is 1. The number of hydrogen-bond acceptors (Lipinski definition) is 2. The molecule has 1 aromatic carbocycles. The highest BCUT2D eigenvalue weighted by atomic mass is 16.5. The first-order valence-corrected chi connectivity index (χ1v) is 5.65. The van der Waals surface area contributed by atoms with Crippen LogP contribution in [0.3, 0.4) is 0 Å². The molecule has 2 aliphatic rings. The minimum atomic E-state index is -0.471. The summed E-state index contributed by atoms with van der Waals surface area (Å²) in [5.74, 6) is 0.643. The second kappa shape index (κ2) is 2.97. The van der Waals surface area contributed by atoms with E-state index in [0.717, 1.165) is 29.7 Å². The Morgan fingerprint density at radius 2 is 2.12 bits per heavy atom. The SMILES string of the molecule is CC1=CCCC12C(=O)Oc1ccc(C)cc12. The molecule has 82 valence electrons. The summed E-state index contributed by atoms with van der Waals surface area (Å²) in [7, 11) is 0. The number of rotatable bonds is 0. The molecule has 0 fully saturated rings. The zero-order valence-corrected chi connectivity index (χ0v) is 9.54. The number of benzene rings is 1. The van der Waals surface area contributed by atoms with E-state index in [2.05, 4.69) is 12.1 Å². The average molecular weight is 214 g/mol. The van der Waals surface area contributed by atoms with Crippen molar-refractivity contribution in [3.05, 3.63) is 41.0 Å². The molecule has 2 nitrogen and oxygen atoms in total. The van der Waals surface area contributed by atoms with E-state index >= 15 is 0 Å². The predicted octanol–water partition coefficient (Wildman–Crippen LogP) is 2.89. The van der Waals surface area contributed by atoms with Gasteiger partial charge < -0.3 is 4.74 Å². The lowest BCUT2D eigenvalue weighted by atomic mass is 9.76. The molecule has 1 aliphatic carbocycles. The topological polar surface area (TPSA) is 26.3 Å². The van der Waals surface area contributed by atoms with E-state index in [-0.39, 0.29) is 5.97 Å².